The van der Waals surface area contributed by atoms with Gasteiger partial charge in [0.1, 0.15) is 6.54 Å². The van der Waals surface area contributed by atoms with Gasteiger partial charge in [0.15, 0.2) is 5.15 Å². The number of hydrogen-bond donors (Lipinski definition) is 2. The number of carbonyl (C=O) groups is 1. The average Bonchev–Trinajstić information content (AvgIpc) is 2.69. The Balaban J connectivity index is 2.05. The predicted molar refractivity (Wildman–Crippen MR) is 72.2 cm³/mol. The first kappa shape index (κ1) is 12.8. The Kier molecular flexibility index (Phi) is 3.83. The first-order valence-corrected chi connectivity index (χ1v) is 6.10. The second-order valence-electron chi connectivity index (χ2n) is 3.51. The van der Waals surface area contributed by atoms with Crippen LogP contribution in [0.1, 0.15) is 0 Å². The van der Waals surface area contributed by atoms with Gasteiger partial charge in [0.25, 0.3) is 0 Å². The first-order valence-electron chi connectivity index (χ1n) is 4.93. The number of halogens is 2. The van der Waals surface area contributed by atoms with Gasteiger partial charge in [-0.2, -0.15) is 5.10 Å². The molecule has 3 N–H and O–H groups in total. The molecule has 0 unspecified atom stereocenters. The first-order chi connectivity index (χ1) is 8.54. The van der Waals surface area contributed by atoms with Gasteiger partial charge in [-0.15, -0.1) is 0 Å². The van der Waals surface area contributed by atoms with Crippen LogP contribution < -0.4 is 11.1 Å². The highest BCUT2D eigenvalue weighted by Gasteiger charge is 2.08. The summed E-state index contributed by atoms with van der Waals surface area (Å²) in [6, 6.07) is 1.67. The largest absolute Gasteiger partial charge is 0.396 e. The number of amides is 1. The van der Waals surface area contributed by atoms with Gasteiger partial charge in [-0.3, -0.25) is 9.48 Å². The van der Waals surface area contributed by atoms with E-state index >= 15 is 0 Å². The van der Waals surface area contributed by atoms with Crippen molar-refractivity contribution in [2.45, 2.75) is 6.54 Å². The highest BCUT2D eigenvalue weighted by Crippen LogP contribution is 2.22. The molecule has 0 saturated heterocycles. The van der Waals surface area contributed by atoms with Crippen LogP contribution in [-0.4, -0.2) is 20.7 Å². The number of nitrogens with one attached hydrogen (secondary N) is 1. The Bertz CT molecular complexity index is 585. The van der Waals surface area contributed by atoms with Crippen LogP contribution in [0.5, 0.6) is 0 Å². The van der Waals surface area contributed by atoms with Crippen LogP contribution in [0.25, 0.3) is 0 Å². The summed E-state index contributed by atoms with van der Waals surface area (Å²) >= 11 is 9.11. The normalized spacial score (nSPS) is 10.3. The van der Waals surface area contributed by atoms with Gasteiger partial charge >= 0.3 is 0 Å². The van der Waals surface area contributed by atoms with E-state index in [9.17, 15) is 4.79 Å². The molecular weight excluding hydrogens is 322 g/mol. The number of nitrogen functional groups attached to an aromatic ring is 1. The number of rotatable bonds is 3. The fourth-order valence-corrected chi connectivity index (χ4v) is 1.80. The number of hydrogen-bond acceptors (Lipinski definition) is 4. The van der Waals surface area contributed by atoms with Crippen LogP contribution in [0.2, 0.25) is 5.15 Å². The zero-order valence-electron chi connectivity index (χ0n) is 9.10. The molecule has 0 fully saturated rings. The molecule has 0 saturated carbocycles. The van der Waals surface area contributed by atoms with E-state index in [0.717, 1.165) is 4.47 Å². The van der Waals surface area contributed by atoms with Crippen molar-refractivity contribution in [1.29, 1.82) is 0 Å². The van der Waals surface area contributed by atoms with Gasteiger partial charge in [0.2, 0.25) is 5.91 Å². The van der Waals surface area contributed by atoms with Gasteiger partial charge in [-0.1, -0.05) is 11.6 Å². The minimum atomic E-state index is -0.264. The molecular formula is C10H9BrClN5O. The number of pyridine rings is 1. The van der Waals surface area contributed by atoms with E-state index in [4.69, 9.17) is 17.3 Å². The molecule has 0 aromatic carbocycles. The number of nitrogens with two attached hydrogens (primary N) is 1. The molecule has 0 radical (unpaired) electrons. The van der Waals surface area contributed by atoms with E-state index in [1.807, 2.05) is 0 Å². The fraction of sp³-hybridized carbons (Fsp3) is 0.100. The smallest absolute Gasteiger partial charge is 0.246 e. The summed E-state index contributed by atoms with van der Waals surface area (Å²) in [5, 5.41) is 6.78. The monoisotopic (exact) mass is 329 g/mol. The maximum absolute atomic E-state index is 11.7. The van der Waals surface area contributed by atoms with Crippen LogP contribution in [0, 0.1) is 0 Å². The molecule has 2 heterocycles. The summed E-state index contributed by atoms with van der Waals surface area (Å²) in [6.07, 6.45) is 4.59. The summed E-state index contributed by atoms with van der Waals surface area (Å²) < 4.78 is 2.16. The quantitative estimate of drug-likeness (QED) is 0.842. The van der Waals surface area contributed by atoms with E-state index in [2.05, 4.69) is 31.3 Å². The highest BCUT2D eigenvalue weighted by molar-refractivity contribution is 9.10. The van der Waals surface area contributed by atoms with E-state index in [1.54, 1.807) is 18.5 Å². The summed E-state index contributed by atoms with van der Waals surface area (Å²) in [5.41, 5.74) is 6.44. The number of carbonyl (C=O) groups excluding carboxylic acids is 1. The van der Waals surface area contributed by atoms with Crippen LogP contribution in [0.4, 0.5) is 11.4 Å². The second kappa shape index (κ2) is 5.36. The van der Waals surface area contributed by atoms with Gasteiger partial charge in [-0.25, -0.2) is 4.98 Å². The van der Waals surface area contributed by atoms with Crippen LogP contribution >= 0.6 is 27.5 Å². The maximum Gasteiger partial charge on any atom is 0.246 e. The summed E-state index contributed by atoms with van der Waals surface area (Å²) in [6.45, 7) is 0.0556. The standard InChI is InChI=1S/C10H9BrClN5O/c11-6-1-8(10(12)14-2-6)16-9(18)5-17-4-7(13)3-15-17/h1-4H,5,13H2,(H,16,18). The SMILES string of the molecule is Nc1cnn(CC(=O)Nc2cc(Br)cnc2Cl)c1. The lowest BCUT2D eigenvalue weighted by Crippen LogP contribution is -2.19. The Hall–Kier alpha value is -1.60. The zero-order chi connectivity index (χ0) is 13.1. The molecule has 18 heavy (non-hydrogen) atoms. The van der Waals surface area contributed by atoms with Gasteiger partial charge in [0, 0.05) is 16.9 Å². The van der Waals surface area contributed by atoms with Crippen LogP contribution in [0.3, 0.4) is 0 Å². The number of aromatic nitrogens is 3. The predicted octanol–water partition coefficient (Wildman–Crippen LogP) is 1.91. The molecule has 6 nitrogen and oxygen atoms in total. The fourth-order valence-electron chi connectivity index (χ4n) is 1.31. The van der Waals surface area contributed by atoms with Crippen molar-refractivity contribution in [3.05, 3.63) is 34.3 Å². The van der Waals surface area contributed by atoms with Crippen molar-refractivity contribution in [1.82, 2.24) is 14.8 Å². The summed E-state index contributed by atoms with van der Waals surface area (Å²) in [5.74, 6) is -0.264. The highest BCUT2D eigenvalue weighted by atomic mass is 79.9. The third-order valence-electron chi connectivity index (χ3n) is 2.04. The molecule has 0 aliphatic carbocycles. The lowest BCUT2D eigenvalue weighted by Gasteiger charge is -2.07. The van der Waals surface area contributed by atoms with Crippen molar-refractivity contribution in [2.24, 2.45) is 0 Å². The lowest BCUT2D eigenvalue weighted by molar-refractivity contribution is -0.116. The third-order valence-corrected chi connectivity index (χ3v) is 2.77. The molecule has 94 valence electrons. The van der Waals surface area contributed by atoms with Crippen LogP contribution in [-0.2, 0) is 11.3 Å². The van der Waals surface area contributed by atoms with Gasteiger partial charge < -0.3 is 11.1 Å². The Morgan fingerprint density at radius 1 is 1.56 bits per heavy atom. The van der Waals surface area contributed by atoms with E-state index in [-0.39, 0.29) is 17.6 Å². The topological polar surface area (TPSA) is 85.8 Å². The molecule has 0 aliphatic rings. The van der Waals surface area contributed by atoms with E-state index < -0.39 is 0 Å². The van der Waals surface area contributed by atoms with Gasteiger partial charge in [-0.05, 0) is 22.0 Å². The molecule has 1 amide bonds. The van der Waals surface area contributed by atoms with Crippen molar-refractivity contribution >= 4 is 44.8 Å². The molecule has 0 aliphatic heterocycles. The van der Waals surface area contributed by atoms with E-state index in [0.29, 0.717) is 11.4 Å². The summed E-state index contributed by atoms with van der Waals surface area (Å²) in [7, 11) is 0. The van der Waals surface area contributed by atoms with E-state index in [1.165, 1.54) is 10.9 Å². The van der Waals surface area contributed by atoms with Crippen LogP contribution in [0.15, 0.2) is 29.1 Å². The Labute approximate surface area is 116 Å². The second-order valence-corrected chi connectivity index (χ2v) is 4.79. The van der Waals surface area contributed by atoms with Crippen molar-refractivity contribution in [3.8, 4) is 0 Å². The number of nitrogens with zero attached hydrogens (tertiary/aromatic N) is 3. The van der Waals surface area contributed by atoms with Crippen molar-refractivity contribution in [2.75, 3.05) is 11.1 Å². The minimum Gasteiger partial charge on any atom is -0.396 e. The molecule has 2 aromatic rings. The Morgan fingerprint density at radius 3 is 3.00 bits per heavy atom. The molecule has 0 bridgehead atoms. The average molecular weight is 331 g/mol. The zero-order valence-corrected chi connectivity index (χ0v) is 11.4. The maximum atomic E-state index is 11.7. The van der Waals surface area contributed by atoms with Crippen molar-refractivity contribution in [3.63, 3.8) is 0 Å². The molecule has 0 spiro atoms. The molecule has 2 aromatic heterocycles. The molecule has 8 heteroatoms. The summed E-state index contributed by atoms with van der Waals surface area (Å²) in [4.78, 5) is 15.6. The number of anilines is 2. The molecule has 0 atom stereocenters. The third kappa shape index (κ3) is 3.21. The van der Waals surface area contributed by atoms with Crippen molar-refractivity contribution < 1.29 is 4.79 Å². The molecule has 2 rings (SSSR count). The lowest BCUT2D eigenvalue weighted by atomic mass is 10.4. The Morgan fingerprint density at radius 2 is 2.33 bits per heavy atom. The minimum absolute atomic E-state index is 0.0556. The van der Waals surface area contributed by atoms with Gasteiger partial charge in [0.05, 0.1) is 17.6 Å².